The second-order valence-electron chi connectivity index (χ2n) is 5.25. The summed E-state index contributed by atoms with van der Waals surface area (Å²) in [5, 5.41) is 4.72. The Morgan fingerprint density at radius 3 is 2.30 bits per heavy atom. The van der Waals surface area contributed by atoms with Crippen molar-refractivity contribution in [3.05, 3.63) is 51.3 Å². The van der Waals surface area contributed by atoms with Crippen LogP contribution in [0.15, 0.2) is 28.9 Å². The van der Waals surface area contributed by atoms with Crippen molar-refractivity contribution in [2.75, 3.05) is 0 Å². The zero-order valence-corrected chi connectivity index (χ0v) is 13.6. The number of hydrogen-bond acceptors (Lipinski definition) is 2. The first-order chi connectivity index (χ1) is 9.47. The summed E-state index contributed by atoms with van der Waals surface area (Å²) in [6.07, 6.45) is 0. The molecule has 2 heterocycles. The van der Waals surface area contributed by atoms with Crippen LogP contribution in [0.25, 0.3) is 16.9 Å². The largest absolute Gasteiger partial charge is 0.231 e. The Morgan fingerprint density at radius 1 is 1.00 bits per heavy atom. The third-order valence-corrected chi connectivity index (χ3v) is 4.42. The first kappa shape index (κ1) is 13.3. The molecule has 0 spiro atoms. The lowest BCUT2D eigenvalue weighted by Gasteiger charge is -2.11. The van der Waals surface area contributed by atoms with Gasteiger partial charge in [0.2, 0.25) is 0 Å². The van der Waals surface area contributed by atoms with Crippen molar-refractivity contribution >= 4 is 21.6 Å². The van der Waals surface area contributed by atoms with Crippen LogP contribution < -0.4 is 0 Å². The van der Waals surface area contributed by atoms with Crippen LogP contribution in [-0.2, 0) is 0 Å². The molecule has 0 amide bonds. The molecule has 102 valence electrons. The Balaban J connectivity index is 2.27. The predicted octanol–water partition coefficient (Wildman–Crippen LogP) is 4.39. The summed E-state index contributed by atoms with van der Waals surface area (Å²) in [6, 6.07) is 8.45. The lowest BCUT2D eigenvalue weighted by molar-refractivity contribution is 0.917. The maximum Gasteiger partial charge on any atom is 0.155 e. The first-order valence-corrected chi connectivity index (χ1v) is 7.37. The molecule has 0 saturated carbocycles. The average molecular weight is 330 g/mol. The molecular weight excluding hydrogens is 314 g/mol. The van der Waals surface area contributed by atoms with Crippen LogP contribution in [0.3, 0.4) is 0 Å². The Kier molecular flexibility index (Phi) is 3.13. The highest BCUT2D eigenvalue weighted by Gasteiger charge is 2.12. The van der Waals surface area contributed by atoms with Crippen molar-refractivity contribution in [1.82, 2.24) is 14.6 Å². The fourth-order valence-electron chi connectivity index (χ4n) is 2.73. The van der Waals surface area contributed by atoms with E-state index in [4.69, 9.17) is 5.10 Å². The monoisotopic (exact) mass is 329 g/mol. The van der Waals surface area contributed by atoms with Crippen molar-refractivity contribution in [3.8, 4) is 11.3 Å². The summed E-state index contributed by atoms with van der Waals surface area (Å²) in [6.45, 7) is 8.36. The van der Waals surface area contributed by atoms with E-state index in [2.05, 4.69) is 53.8 Å². The molecule has 2 aromatic heterocycles. The second kappa shape index (κ2) is 4.70. The summed E-state index contributed by atoms with van der Waals surface area (Å²) in [5.74, 6) is 0. The molecule has 0 aliphatic rings. The number of imidazole rings is 1. The lowest BCUT2D eigenvalue weighted by atomic mass is 9.97. The van der Waals surface area contributed by atoms with Gasteiger partial charge >= 0.3 is 0 Å². The molecule has 0 unspecified atom stereocenters. The van der Waals surface area contributed by atoms with Gasteiger partial charge in [-0.3, -0.25) is 0 Å². The van der Waals surface area contributed by atoms with Crippen LogP contribution >= 0.6 is 15.9 Å². The molecule has 3 nitrogen and oxygen atoms in total. The summed E-state index contributed by atoms with van der Waals surface area (Å²) in [7, 11) is 0. The fourth-order valence-corrected chi connectivity index (χ4v) is 3.08. The van der Waals surface area contributed by atoms with Gasteiger partial charge in [0.1, 0.15) is 4.60 Å². The summed E-state index contributed by atoms with van der Waals surface area (Å²) in [4.78, 5) is 4.46. The number of aryl methyl sites for hydroxylation is 4. The molecule has 0 saturated heterocycles. The minimum Gasteiger partial charge on any atom is -0.231 e. The third kappa shape index (κ3) is 2.04. The Bertz CT molecular complexity index is 795. The maximum atomic E-state index is 4.72. The molecule has 0 aliphatic heterocycles. The Labute approximate surface area is 126 Å². The molecule has 20 heavy (non-hydrogen) atoms. The molecule has 1 aromatic carbocycles. The van der Waals surface area contributed by atoms with E-state index >= 15 is 0 Å². The van der Waals surface area contributed by atoms with E-state index < -0.39 is 0 Å². The summed E-state index contributed by atoms with van der Waals surface area (Å²) in [5.41, 5.74) is 7.78. The smallest absolute Gasteiger partial charge is 0.155 e. The number of fused-ring (bicyclic) bond motifs is 1. The molecule has 0 aliphatic carbocycles. The van der Waals surface area contributed by atoms with Crippen LogP contribution in [0, 0.1) is 27.7 Å². The molecule has 0 bridgehead atoms. The van der Waals surface area contributed by atoms with Gasteiger partial charge in [-0.25, -0.2) is 9.50 Å². The van der Waals surface area contributed by atoms with Crippen LogP contribution in [0.4, 0.5) is 0 Å². The average Bonchev–Trinajstić information content (AvgIpc) is 2.64. The molecule has 4 heteroatoms. The number of hydrogen-bond donors (Lipinski definition) is 0. The SMILES string of the molecule is Cc1cc(C)c(-c2ccc3nc(C)c(Br)n3n2)c(C)c1. The highest BCUT2D eigenvalue weighted by atomic mass is 79.9. The van der Waals surface area contributed by atoms with Gasteiger partial charge in [0.05, 0.1) is 11.4 Å². The van der Waals surface area contributed by atoms with E-state index in [0.29, 0.717) is 0 Å². The molecule has 3 rings (SSSR count). The fraction of sp³-hybridized carbons (Fsp3) is 0.250. The van der Waals surface area contributed by atoms with Crippen LogP contribution in [0.5, 0.6) is 0 Å². The van der Waals surface area contributed by atoms with Crippen molar-refractivity contribution in [2.24, 2.45) is 0 Å². The van der Waals surface area contributed by atoms with Crippen LogP contribution in [0.1, 0.15) is 22.4 Å². The standard InChI is InChI=1S/C16H16BrN3/c1-9-7-10(2)15(11(3)8-9)13-5-6-14-18-12(4)16(17)20(14)19-13/h5-8H,1-4H3. The normalized spacial score (nSPS) is 11.2. The minimum absolute atomic E-state index is 0.862. The topological polar surface area (TPSA) is 30.2 Å². The second-order valence-corrected chi connectivity index (χ2v) is 6.00. The van der Waals surface area contributed by atoms with Gasteiger partial charge in [-0.1, -0.05) is 17.7 Å². The number of halogens is 1. The van der Waals surface area contributed by atoms with Gasteiger partial charge in [-0.2, -0.15) is 5.10 Å². The van der Waals surface area contributed by atoms with E-state index in [1.165, 1.54) is 22.3 Å². The number of rotatable bonds is 1. The van der Waals surface area contributed by atoms with Gasteiger partial charge in [-0.15, -0.1) is 0 Å². The van der Waals surface area contributed by atoms with E-state index in [9.17, 15) is 0 Å². The molecule has 0 fully saturated rings. The first-order valence-electron chi connectivity index (χ1n) is 6.57. The van der Waals surface area contributed by atoms with E-state index in [1.807, 2.05) is 23.6 Å². The predicted molar refractivity (Wildman–Crippen MR) is 85.1 cm³/mol. The maximum absolute atomic E-state index is 4.72. The van der Waals surface area contributed by atoms with Crippen LogP contribution in [-0.4, -0.2) is 14.6 Å². The highest BCUT2D eigenvalue weighted by Crippen LogP contribution is 2.28. The minimum atomic E-state index is 0.862. The van der Waals surface area contributed by atoms with E-state index in [-0.39, 0.29) is 0 Å². The molecule has 0 N–H and O–H groups in total. The summed E-state index contributed by atoms with van der Waals surface area (Å²) < 4.78 is 2.76. The zero-order valence-electron chi connectivity index (χ0n) is 12.0. The van der Waals surface area contributed by atoms with Gasteiger partial charge in [0.15, 0.2) is 5.65 Å². The Morgan fingerprint density at radius 2 is 1.65 bits per heavy atom. The molecule has 0 radical (unpaired) electrons. The number of nitrogens with zero attached hydrogens (tertiary/aromatic N) is 3. The van der Waals surface area contributed by atoms with Crippen molar-refractivity contribution < 1.29 is 0 Å². The molecule has 0 atom stereocenters. The zero-order chi connectivity index (χ0) is 14.4. The van der Waals surface area contributed by atoms with Gasteiger partial charge < -0.3 is 0 Å². The van der Waals surface area contributed by atoms with Crippen molar-refractivity contribution in [3.63, 3.8) is 0 Å². The number of aromatic nitrogens is 3. The van der Waals surface area contributed by atoms with Gasteiger partial charge in [0, 0.05) is 5.56 Å². The molecule has 3 aromatic rings. The van der Waals surface area contributed by atoms with Gasteiger partial charge in [0.25, 0.3) is 0 Å². The lowest BCUT2D eigenvalue weighted by Crippen LogP contribution is -1.98. The number of benzene rings is 1. The van der Waals surface area contributed by atoms with E-state index in [0.717, 1.165) is 21.6 Å². The van der Waals surface area contributed by atoms with Crippen molar-refractivity contribution in [2.45, 2.75) is 27.7 Å². The van der Waals surface area contributed by atoms with Crippen molar-refractivity contribution in [1.29, 1.82) is 0 Å². The quantitative estimate of drug-likeness (QED) is 0.662. The van der Waals surface area contributed by atoms with Crippen LogP contribution in [0.2, 0.25) is 0 Å². The summed E-state index contributed by atoms with van der Waals surface area (Å²) >= 11 is 3.54. The third-order valence-electron chi connectivity index (χ3n) is 3.51. The highest BCUT2D eigenvalue weighted by molar-refractivity contribution is 9.10. The molecular formula is C16H16BrN3. The van der Waals surface area contributed by atoms with E-state index in [1.54, 1.807) is 0 Å². The van der Waals surface area contributed by atoms with Gasteiger partial charge in [-0.05, 0) is 66.9 Å². The Hall–Kier alpha value is -1.68.